The minimum atomic E-state index is -3.94. The molecule has 1 unspecified atom stereocenters. The molecule has 2 aromatic carbocycles. The Morgan fingerprint density at radius 2 is 1.48 bits per heavy atom. The van der Waals surface area contributed by atoms with Gasteiger partial charge in [-0.05, 0) is 58.7 Å². The number of rotatable bonds is 12. The zero-order chi connectivity index (χ0) is 29.4. The summed E-state index contributed by atoms with van der Waals surface area (Å²) in [6, 6.07) is 30.3. The molecule has 0 spiro atoms. The number of aromatic nitrogens is 3. The normalized spacial score (nSPS) is 12.1. The summed E-state index contributed by atoms with van der Waals surface area (Å²) in [5, 5.41) is 11.7. The molecule has 5 aromatic rings. The Hall–Kier alpha value is -4.93. The summed E-state index contributed by atoms with van der Waals surface area (Å²) in [6.07, 6.45) is 6.40. The van der Waals surface area contributed by atoms with Gasteiger partial charge < -0.3 is 10.4 Å². The van der Waals surface area contributed by atoms with Crippen molar-refractivity contribution in [3.05, 3.63) is 150 Å². The van der Waals surface area contributed by atoms with Crippen LogP contribution < -0.4 is 5.32 Å². The monoisotopic (exact) mass is 579 g/mol. The molecule has 0 bridgehead atoms. The van der Waals surface area contributed by atoms with E-state index < -0.39 is 16.0 Å². The second-order valence-electron chi connectivity index (χ2n) is 9.59. The fraction of sp³-hybridized carbons (Fsp3) is 0.125. The van der Waals surface area contributed by atoms with Crippen LogP contribution in [0.5, 0.6) is 0 Å². The lowest BCUT2D eigenvalue weighted by Gasteiger charge is -2.23. The van der Waals surface area contributed by atoms with Gasteiger partial charge >= 0.3 is 5.97 Å². The SMILES string of the molecule is O=C(O)CNc1cccc(CN(Cc2ccc(C(c3ccccc3)c3ccncc3)cc2)S(=O)(=O)c2cccnc2)n1. The molecule has 0 saturated heterocycles. The van der Waals surface area contributed by atoms with Crippen molar-refractivity contribution in [2.24, 2.45) is 0 Å². The van der Waals surface area contributed by atoms with Crippen molar-refractivity contribution in [3.63, 3.8) is 0 Å². The summed E-state index contributed by atoms with van der Waals surface area (Å²) in [7, 11) is -3.94. The van der Waals surface area contributed by atoms with Crippen LogP contribution in [-0.4, -0.2) is 45.3 Å². The molecule has 42 heavy (non-hydrogen) atoms. The van der Waals surface area contributed by atoms with Crippen LogP contribution in [-0.2, 0) is 27.9 Å². The van der Waals surface area contributed by atoms with Crippen molar-refractivity contribution in [2.75, 3.05) is 11.9 Å². The van der Waals surface area contributed by atoms with Gasteiger partial charge in [-0.25, -0.2) is 13.4 Å². The lowest BCUT2D eigenvalue weighted by Crippen LogP contribution is -2.31. The van der Waals surface area contributed by atoms with Crippen molar-refractivity contribution in [1.29, 1.82) is 0 Å². The Labute approximate surface area is 244 Å². The highest BCUT2D eigenvalue weighted by Gasteiger charge is 2.26. The van der Waals surface area contributed by atoms with Gasteiger partial charge in [0.05, 0.1) is 12.2 Å². The third kappa shape index (κ3) is 7.03. The van der Waals surface area contributed by atoms with Gasteiger partial charge in [-0.2, -0.15) is 4.31 Å². The van der Waals surface area contributed by atoms with Crippen LogP contribution in [0, 0.1) is 0 Å². The van der Waals surface area contributed by atoms with Crippen LogP contribution >= 0.6 is 0 Å². The van der Waals surface area contributed by atoms with Gasteiger partial charge in [-0.3, -0.25) is 14.8 Å². The topological polar surface area (TPSA) is 125 Å². The maximum atomic E-state index is 13.7. The number of anilines is 1. The summed E-state index contributed by atoms with van der Waals surface area (Å²) in [6.45, 7) is -0.230. The van der Waals surface area contributed by atoms with Crippen LogP contribution in [0.2, 0.25) is 0 Å². The number of benzene rings is 2. The number of carboxylic acid groups (broad SMARTS) is 1. The lowest BCUT2D eigenvalue weighted by molar-refractivity contribution is -0.134. The van der Waals surface area contributed by atoms with Gasteiger partial charge in [-0.1, -0.05) is 60.7 Å². The van der Waals surface area contributed by atoms with E-state index in [4.69, 9.17) is 5.11 Å². The molecule has 0 aliphatic carbocycles. The molecule has 0 aliphatic rings. The third-order valence-corrected chi connectivity index (χ3v) is 8.46. The van der Waals surface area contributed by atoms with E-state index in [-0.39, 0.29) is 30.4 Å². The molecule has 0 aliphatic heterocycles. The zero-order valence-electron chi connectivity index (χ0n) is 22.6. The number of sulfonamides is 1. The first-order chi connectivity index (χ1) is 20.4. The number of carbonyl (C=O) groups is 1. The van der Waals surface area contributed by atoms with Gasteiger partial charge in [0.2, 0.25) is 10.0 Å². The Morgan fingerprint density at radius 1 is 0.762 bits per heavy atom. The molecule has 9 nitrogen and oxygen atoms in total. The fourth-order valence-corrected chi connectivity index (χ4v) is 6.05. The first-order valence-corrected chi connectivity index (χ1v) is 14.7. The van der Waals surface area contributed by atoms with Crippen molar-refractivity contribution >= 4 is 21.8 Å². The molecule has 3 heterocycles. The Balaban J connectivity index is 1.45. The third-order valence-electron chi connectivity index (χ3n) is 6.68. The van der Waals surface area contributed by atoms with Crippen LogP contribution in [0.3, 0.4) is 0 Å². The molecule has 0 saturated carbocycles. The molecule has 5 rings (SSSR count). The van der Waals surface area contributed by atoms with E-state index in [1.54, 1.807) is 36.7 Å². The van der Waals surface area contributed by atoms with Crippen molar-refractivity contribution < 1.29 is 18.3 Å². The van der Waals surface area contributed by atoms with E-state index >= 15 is 0 Å². The Bertz CT molecular complexity index is 1680. The number of carboxylic acids is 1. The molecular weight excluding hydrogens is 550 g/mol. The smallest absolute Gasteiger partial charge is 0.322 e. The summed E-state index contributed by atoms with van der Waals surface area (Å²) in [4.78, 5) is 23.6. The summed E-state index contributed by atoms with van der Waals surface area (Å²) >= 11 is 0. The van der Waals surface area contributed by atoms with E-state index in [2.05, 4.69) is 32.4 Å². The van der Waals surface area contributed by atoms with Gasteiger partial charge in [0, 0.05) is 37.3 Å². The number of nitrogens with one attached hydrogen (secondary N) is 1. The summed E-state index contributed by atoms with van der Waals surface area (Å²) in [5.74, 6) is -0.686. The number of nitrogens with zero attached hydrogens (tertiary/aromatic N) is 4. The minimum absolute atomic E-state index is 0.0104. The highest BCUT2D eigenvalue weighted by atomic mass is 32.2. The van der Waals surface area contributed by atoms with Crippen LogP contribution in [0.25, 0.3) is 0 Å². The molecule has 0 fully saturated rings. The van der Waals surface area contributed by atoms with E-state index in [9.17, 15) is 13.2 Å². The second kappa shape index (κ2) is 13.2. The van der Waals surface area contributed by atoms with Gasteiger partial charge in [0.25, 0.3) is 0 Å². The average Bonchev–Trinajstić information content (AvgIpc) is 3.02. The first kappa shape index (κ1) is 28.6. The maximum absolute atomic E-state index is 13.7. The molecule has 2 N–H and O–H groups in total. The molecule has 0 amide bonds. The van der Waals surface area contributed by atoms with Crippen LogP contribution in [0.4, 0.5) is 5.82 Å². The fourth-order valence-electron chi connectivity index (χ4n) is 4.69. The molecule has 3 aromatic heterocycles. The number of aliphatic carboxylic acids is 1. The van der Waals surface area contributed by atoms with E-state index in [0.717, 1.165) is 22.3 Å². The highest BCUT2D eigenvalue weighted by molar-refractivity contribution is 7.89. The Kier molecular flexibility index (Phi) is 8.96. The van der Waals surface area contributed by atoms with Gasteiger partial charge in [-0.15, -0.1) is 0 Å². The molecule has 0 radical (unpaired) electrons. The second-order valence-corrected chi connectivity index (χ2v) is 11.5. The number of hydrogen-bond donors (Lipinski definition) is 2. The number of hydrogen-bond acceptors (Lipinski definition) is 7. The molecular formula is C32H29N5O4S. The lowest BCUT2D eigenvalue weighted by atomic mass is 9.85. The largest absolute Gasteiger partial charge is 0.480 e. The molecule has 10 heteroatoms. The van der Waals surface area contributed by atoms with Crippen molar-refractivity contribution in [2.45, 2.75) is 23.9 Å². The van der Waals surface area contributed by atoms with Crippen LogP contribution in [0.1, 0.15) is 33.9 Å². The quantitative estimate of drug-likeness (QED) is 0.213. The zero-order valence-corrected chi connectivity index (χ0v) is 23.4. The number of pyridine rings is 3. The van der Waals surface area contributed by atoms with Crippen LogP contribution in [0.15, 0.2) is 127 Å². The van der Waals surface area contributed by atoms with E-state index in [1.807, 2.05) is 54.6 Å². The van der Waals surface area contributed by atoms with E-state index in [0.29, 0.717) is 11.5 Å². The van der Waals surface area contributed by atoms with Gasteiger partial charge in [0.1, 0.15) is 17.3 Å². The predicted molar refractivity (Wildman–Crippen MR) is 159 cm³/mol. The summed E-state index contributed by atoms with van der Waals surface area (Å²) < 4.78 is 28.8. The molecule has 212 valence electrons. The maximum Gasteiger partial charge on any atom is 0.322 e. The predicted octanol–water partition coefficient (Wildman–Crippen LogP) is 4.94. The standard InChI is InChI=1S/C32H29N5O4S/c38-31(39)21-35-30-10-4-8-28(36-30)23-37(42(40,41)29-9-5-17-34-20-29)22-24-11-13-26(14-12-24)32(25-6-2-1-3-7-25)27-15-18-33-19-16-27/h1-20,32H,21-23H2,(H,35,36)(H,38,39). The first-order valence-electron chi connectivity index (χ1n) is 13.3. The molecule has 1 atom stereocenters. The Morgan fingerprint density at radius 3 is 2.17 bits per heavy atom. The van der Waals surface area contributed by atoms with Crippen molar-refractivity contribution in [1.82, 2.24) is 19.3 Å². The minimum Gasteiger partial charge on any atom is -0.480 e. The van der Waals surface area contributed by atoms with E-state index in [1.165, 1.54) is 22.8 Å². The van der Waals surface area contributed by atoms with Gasteiger partial charge in [0.15, 0.2) is 0 Å². The highest BCUT2D eigenvalue weighted by Crippen LogP contribution is 2.32. The average molecular weight is 580 g/mol. The summed E-state index contributed by atoms with van der Waals surface area (Å²) in [5.41, 5.74) is 4.58. The van der Waals surface area contributed by atoms with Crippen molar-refractivity contribution in [3.8, 4) is 0 Å².